The quantitative estimate of drug-likeness (QED) is 0.651. The first-order valence-electron chi connectivity index (χ1n) is 8.44. The van der Waals surface area contributed by atoms with Crippen LogP contribution in [0, 0.1) is 5.92 Å². The van der Waals surface area contributed by atoms with Crippen LogP contribution in [0.15, 0.2) is 30.3 Å². The van der Waals surface area contributed by atoms with E-state index in [1.165, 1.54) is 0 Å². The predicted molar refractivity (Wildman–Crippen MR) is 97.9 cm³/mol. The second-order valence-corrected chi connectivity index (χ2v) is 6.19. The molecule has 1 aromatic carbocycles. The second kappa shape index (κ2) is 11.1. The van der Waals surface area contributed by atoms with E-state index in [1.807, 2.05) is 42.2 Å². The molecule has 2 unspecified atom stereocenters. The fourth-order valence-corrected chi connectivity index (χ4v) is 2.82. The number of carbonyl (C=O) groups excluding carboxylic acids is 1. The van der Waals surface area contributed by atoms with Crippen molar-refractivity contribution in [2.45, 2.75) is 25.9 Å². The average molecular weight is 371 g/mol. The normalized spacial score (nSPS) is 18.4. The van der Waals surface area contributed by atoms with Crippen molar-refractivity contribution in [3.05, 3.63) is 35.9 Å². The Labute approximate surface area is 154 Å². The van der Waals surface area contributed by atoms with E-state index < -0.39 is 5.97 Å². The number of hydrogen-bond donors (Lipinski definition) is 2. The molecule has 0 aromatic heterocycles. The zero-order chi connectivity index (χ0) is 17.4. The maximum absolute atomic E-state index is 11.9. The molecule has 0 saturated carbocycles. The fourth-order valence-electron chi connectivity index (χ4n) is 2.82. The van der Waals surface area contributed by atoms with E-state index in [4.69, 9.17) is 9.84 Å². The van der Waals surface area contributed by atoms with E-state index in [1.54, 1.807) is 0 Å². The number of carboxylic acids is 1. The molecule has 25 heavy (non-hydrogen) atoms. The van der Waals surface area contributed by atoms with Crippen molar-refractivity contribution in [2.24, 2.45) is 5.92 Å². The molecule has 1 heterocycles. The number of ether oxygens (including phenoxy) is 1. The standard InChI is InChI=1S/C18H26N2O4.ClH/c1-14(15-6-3-2-4-7-15)24-11-5-9-19-17(21)13-20-10-8-16(12-20)18(22)23;/h2-4,6-7,14,16H,5,8-13H2,1H3,(H,19,21)(H,22,23);1H. The minimum atomic E-state index is -0.775. The third-order valence-corrected chi connectivity index (χ3v) is 4.27. The van der Waals surface area contributed by atoms with Gasteiger partial charge in [-0.3, -0.25) is 14.5 Å². The summed E-state index contributed by atoms with van der Waals surface area (Å²) in [6.45, 7) is 4.56. The van der Waals surface area contributed by atoms with Gasteiger partial charge in [0.15, 0.2) is 0 Å². The molecule has 2 N–H and O–H groups in total. The zero-order valence-electron chi connectivity index (χ0n) is 14.5. The lowest BCUT2D eigenvalue weighted by atomic mass is 10.1. The number of carboxylic acid groups (broad SMARTS) is 1. The molecule has 0 aliphatic carbocycles. The van der Waals surface area contributed by atoms with Crippen molar-refractivity contribution in [3.8, 4) is 0 Å². The van der Waals surface area contributed by atoms with Crippen LogP contribution in [-0.2, 0) is 14.3 Å². The van der Waals surface area contributed by atoms with Gasteiger partial charge in [0, 0.05) is 19.7 Å². The summed E-state index contributed by atoms with van der Waals surface area (Å²) >= 11 is 0. The third-order valence-electron chi connectivity index (χ3n) is 4.27. The minimum absolute atomic E-state index is 0. The number of rotatable bonds is 9. The first-order valence-corrected chi connectivity index (χ1v) is 8.44. The molecule has 1 amide bonds. The Hall–Kier alpha value is -1.63. The van der Waals surface area contributed by atoms with E-state index in [9.17, 15) is 9.59 Å². The van der Waals surface area contributed by atoms with Gasteiger partial charge in [-0.25, -0.2) is 0 Å². The number of nitrogens with zero attached hydrogens (tertiary/aromatic N) is 1. The van der Waals surface area contributed by atoms with E-state index in [0.717, 1.165) is 12.0 Å². The lowest BCUT2D eigenvalue weighted by Crippen LogP contribution is -2.37. The number of halogens is 1. The van der Waals surface area contributed by atoms with Gasteiger partial charge >= 0.3 is 5.97 Å². The molecule has 1 saturated heterocycles. The largest absolute Gasteiger partial charge is 0.481 e. The van der Waals surface area contributed by atoms with Crippen LogP contribution in [0.5, 0.6) is 0 Å². The molecule has 1 aromatic rings. The summed E-state index contributed by atoms with van der Waals surface area (Å²) in [7, 11) is 0. The van der Waals surface area contributed by atoms with E-state index >= 15 is 0 Å². The van der Waals surface area contributed by atoms with Crippen LogP contribution in [0.1, 0.15) is 31.4 Å². The third kappa shape index (κ3) is 7.42. The Kier molecular flexibility index (Phi) is 9.49. The van der Waals surface area contributed by atoms with Gasteiger partial charge in [-0.2, -0.15) is 0 Å². The Morgan fingerprint density at radius 2 is 2.08 bits per heavy atom. The van der Waals surface area contributed by atoms with Crippen LogP contribution in [0.25, 0.3) is 0 Å². The number of amides is 1. The molecule has 7 heteroatoms. The van der Waals surface area contributed by atoms with Crippen molar-refractivity contribution >= 4 is 24.3 Å². The van der Waals surface area contributed by atoms with Gasteiger partial charge in [0.05, 0.1) is 18.6 Å². The molecular formula is C18H27ClN2O4. The first-order chi connectivity index (χ1) is 11.6. The molecule has 0 spiro atoms. The van der Waals surface area contributed by atoms with Gasteiger partial charge in [-0.05, 0) is 31.9 Å². The van der Waals surface area contributed by atoms with E-state index in [0.29, 0.717) is 32.7 Å². The SMILES string of the molecule is CC(OCCCNC(=O)CN1CCC(C(=O)O)C1)c1ccccc1.Cl. The lowest BCUT2D eigenvalue weighted by molar-refractivity contribution is -0.141. The number of likely N-dealkylation sites (tertiary alicyclic amines) is 1. The van der Waals surface area contributed by atoms with Crippen LogP contribution in [0.2, 0.25) is 0 Å². The summed E-state index contributed by atoms with van der Waals surface area (Å²) in [4.78, 5) is 24.6. The minimum Gasteiger partial charge on any atom is -0.481 e. The lowest BCUT2D eigenvalue weighted by Gasteiger charge is -2.15. The van der Waals surface area contributed by atoms with Crippen LogP contribution < -0.4 is 5.32 Å². The maximum atomic E-state index is 11.9. The highest BCUT2D eigenvalue weighted by Crippen LogP contribution is 2.16. The van der Waals surface area contributed by atoms with Gasteiger partial charge in [-0.1, -0.05) is 30.3 Å². The van der Waals surface area contributed by atoms with Crippen molar-refractivity contribution in [3.63, 3.8) is 0 Å². The monoisotopic (exact) mass is 370 g/mol. The summed E-state index contributed by atoms with van der Waals surface area (Å²) in [5.74, 6) is -1.18. The van der Waals surface area contributed by atoms with Gasteiger partial charge in [0.2, 0.25) is 5.91 Å². The number of nitrogens with one attached hydrogen (secondary N) is 1. The Morgan fingerprint density at radius 1 is 1.36 bits per heavy atom. The van der Waals surface area contributed by atoms with Gasteiger partial charge in [0.1, 0.15) is 0 Å². The van der Waals surface area contributed by atoms with Crippen LogP contribution in [0.3, 0.4) is 0 Å². The number of carbonyl (C=O) groups is 2. The van der Waals surface area contributed by atoms with E-state index in [2.05, 4.69) is 5.32 Å². The summed E-state index contributed by atoms with van der Waals surface area (Å²) < 4.78 is 5.76. The molecule has 2 rings (SSSR count). The first kappa shape index (κ1) is 21.4. The molecule has 0 bridgehead atoms. The highest BCUT2D eigenvalue weighted by molar-refractivity contribution is 5.85. The average Bonchev–Trinajstić information content (AvgIpc) is 3.04. The Balaban J connectivity index is 0.00000312. The Morgan fingerprint density at radius 3 is 2.72 bits per heavy atom. The number of aliphatic carboxylic acids is 1. The van der Waals surface area contributed by atoms with Crippen molar-refractivity contribution < 1.29 is 19.4 Å². The molecular weight excluding hydrogens is 344 g/mol. The van der Waals surface area contributed by atoms with Crippen molar-refractivity contribution in [1.82, 2.24) is 10.2 Å². The molecule has 1 aliphatic heterocycles. The maximum Gasteiger partial charge on any atom is 0.307 e. The molecule has 2 atom stereocenters. The van der Waals surface area contributed by atoms with Crippen molar-refractivity contribution in [1.29, 1.82) is 0 Å². The zero-order valence-corrected chi connectivity index (χ0v) is 15.3. The van der Waals surface area contributed by atoms with Crippen molar-refractivity contribution in [2.75, 3.05) is 32.8 Å². The van der Waals surface area contributed by atoms with Gasteiger partial charge < -0.3 is 15.2 Å². The fraction of sp³-hybridized carbons (Fsp3) is 0.556. The topological polar surface area (TPSA) is 78.9 Å². The molecule has 6 nitrogen and oxygen atoms in total. The molecule has 1 fully saturated rings. The van der Waals surface area contributed by atoms with Crippen LogP contribution >= 0.6 is 12.4 Å². The van der Waals surface area contributed by atoms with Gasteiger partial charge in [0.25, 0.3) is 0 Å². The summed E-state index contributed by atoms with van der Waals surface area (Å²) in [5.41, 5.74) is 1.14. The summed E-state index contributed by atoms with van der Waals surface area (Å²) in [6, 6.07) is 10.0. The Bertz CT molecular complexity index is 541. The van der Waals surface area contributed by atoms with Gasteiger partial charge in [-0.15, -0.1) is 12.4 Å². The predicted octanol–water partition coefficient (Wildman–Crippen LogP) is 2.10. The van der Waals surface area contributed by atoms with Crippen LogP contribution in [-0.4, -0.2) is 54.7 Å². The number of hydrogen-bond acceptors (Lipinski definition) is 4. The molecule has 1 aliphatic rings. The summed E-state index contributed by atoms with van der Waals surface area (Å²) in [5, 5.41) is 11.8. The smallest absolute Gasteiger partial charge is 0.307 e. The highest BCUT2D eigenvalue weighted by Gasteiger charge is 2.28. The second-order valence-electron chi connectivity index (χ2n) is 6.19. The summed E-state index contributed by atoms with van der Waals surface area (Å²) in [6.07, 6.45) is 1.41. The van der Waals surface area contributed by atoms with E-state index in [-0.39, 0.29) is 36.9 Å². The van der Waals surface area contributed by atoms with Crippen LogP contribution in [0.4, 0.5) is 0 Å². The number of benzene rings is 1. The molecule has 140 valence electrons. The highest BCUT2D eigenvalue weighted by atomic mass is 35.5. The molecule has 0 radical (unpaired) electrons.